The molecule has 0 aliphatic carbocycles. The van der Waals surface area contributed by atoms with Crippen molar-refractivity contribution in [2.45, 2.75) is 31.2 Å². The van der Waals surface area contributed by atoms with Gasteiger partial charge in [-0.1, -0.05) is 24.3 Å². The van der Waals surface area contributed by atoms with Crippen molar-refractivity contribution in [2.75, 3.05) is 33.4 Å². The van der Waals surface area contributed by atoms with Gasteiger partial charge < -0.3 is 14.6 Å². The molecule has 0 amide bonds. The molecule has 0 bridgehead atoms. The van der Waals surface area contributed by atoms with Gasteiger partial charge in [-0.2, -0.15) is 0 Å². The van der Waals surface area contributed by atoms with E-state index in [-0.39, 0.29) is 6.61 Å². The molecule has 2 unspecified atom stereocenters. The summed E-state index contributed by atoms with van der Waals surface area (Å²) in [4.78, 5) is 2.61. The Balaban J connectivity index is 1.72. The van der Waals surface area contributed by atoms with Crippen LogP contribution in [0.5, 0.6) is 11.5 Å². The molecule has 1 N–H and O–H groups in total. The maximum atomic E-state index is 8.97. The zero-order chi connectivity index (χ0) is 17.9. The summed E-state index contributed by atoms with van der Waals surface area (Å²) in [6.07, 6.45) is 3.13. The van der Waals surface area contributed by atoms with Crippen molar-refractivity contribution in [1.82, 2.24) is 4.90 Å². The van der Waals surface area contributed by atoms with E-state index in [1.54, 1.807) is 7.11 Å². The summed E-state index contributed by atoms with van der Waals surface area (Å²) in [7, 11) is 1.75. The molecule has 4 nitrogen and oxygen atoms in total. The van der Waals surface area contributed by atoms with Crippen LogP contribution in [0.1, 0.15) is 47.9 Å². The van der Waals surface area contributed by atoms with E-state index in [9.17, 15) is 0 Å². The van der Waals surface area contributed by atoms with Crippen LogP contribution in [0.2, 0.25) is 0 Å². The fourth-order valence-electron chi connectivity index (χ4n) is 4.45. The summed E-state index contributed by atoms with van der Waals surface area (Å²) in [5.41, 5.74) is 4.05. The Labute approximate surface area is 155 Å². The van der Waals surface area contributed by atoms with Crippen LogP contribution in [0.4, 0.5) is 0 Å². The number of ether oxygens (including phenoxy) is 2. The third-order valence-corrected chi connectivity index (χ3v) is 5.66. The molecule has 4 rings (SSSR count). The van der Waals surface area contributed by atoms with Crippen molar-refractivity contribution in [1.29, 1.82) is 0 Å². The summed E-state index contributed by atoms with van der Waals surface area (Å²) in [6.45, 7) is 2.92. The number of nitrogens with zero attached hydrogens (tertiary/aromatic N) is 1. The normalized spacial score (nSPS) is 21.9. The lowest BCUT2D eigenvalue weighted by molar-refractivity contribution is 0.223. The van der Waals surface area contributed by atoms with E-state index in [4.69, 9.17) is 14.6 Å². The highest BCUT2D eigenvalue weighted by atomic mass is 16.5. The van der Waals surface area contributed by atoms with Gasteiger partial charge in [0.05, 0.1) is 13.7 Å². The predicted molar refractivity (Wildman–Crippen MR) is 102 cm³/mol. The Morgan fingerprint density at radius 3 is 2.85 bits per heavy atom. The lowest BCUT2D eigenvalue weighted by Gasteiger charge is -2.38. The van der Waals surface area contributed by atoms with Gasteiger partial charge in [-0.15, -0.1) is 0 Å². The molecule has 4 heteroatoms. The molecule has 1 fully saturated rings. The van der Waals surface area contributed by atoms with Crippen LogP contribution in [-0.2, 0) is 0 Å². The predicted octanol–water partition coefficient (Wildman–Crippen LogP) is 3.74. The van der Waals surface area contributed by atoms with Gasteiger partial charge in [-0.25, -0.2) is 0 Å². The van der Waals surface area contributed by atoms with E-state index >= 15 is 0 Å². The summed E-state index contributed by atoms with van der Waals surface area (Å²) < 4.78 is 11.5. The third kappa shape index (κ3) is 3.19. The van der Waals surface area contributed by atoms with E-state index in [0.29, 0.717) is 25.0 Å². The highest BCUT2D eigenvalue weighted by molar-refractivity contribution is 5.49. The molecule has 2 heterocycles. The Hall–Kier alpha value is -2.04. The topological polar surface area (TPSA) is 41.9 Å². The van der Waals surface area contributed by atoms with Gasteiger partial charge in [0.15, 0.2) is 0 Å². The van der Waals surface area contributed by atoms with Crippen LogP contribution >= 0.6 is 0 Å². The average molecular weight is 353 g/mol. The van der Waals surface area contributed by atoms with Crippen LogP contribution in [0.25, 0.3) is 0 Å². The van der Waals surface area contributed by atoms with Crippen LogP contribution in [0.15, 0.2) is 42.5 Å². The van der Waals surface area contributed by atoms with Gasteiger partial charge in [0.25, 0.3) is 0 Å². The fourth-order valence-corrected chi connectivity index (χ4v) is 4.45. The average Bonchev–Trinajstić information content (AvgIpc) is 3.16. The van der Waals surface area contributed by atoms with Gasteiger partial charge >= 0.3 is 0 Å². The van der Waals surface area contributed by atoms with Crippen molar-refractivity contribution in [3.8, 4) is 11.5 Å². The summed E-state index contributed by atoms with van der Waals surface area (Å²) in [5.74, 6) is 2.19. The second kappa shape index (κ2) is 7.68. The molecule has 0 radical (unpaired) electrons. The number of rotatable bonds is 6. The summed E-state index contributed by atoms with van der Waals surface area (Å²) in [6, 6.07) is 15.4. The Morgan fingerprint density at radius 2 is 2.00 bits per heavy atom. The van der Waals surface area contributed by atoms with Crippen LogP contribution < -0.4 is 9.47 Å². The van der Waals surface area contributed by atoms with Crippen LogP contribution in [0, 0.1) is 0 Å². The molecule has 26 heavy (non-hydrogen) atoms. The Morgan fingerprint density at radius 1 is 1.12 bits per heavy atom. The highest BCUT2D eigenvalue weighted by Gasteiger charge is 2.37. The third-order valence-electron chi connectivity index (χ3n) is 5.66. The minimum atomic E-state index is 0.164. The van der Waals surface area contributed by atoms with Crippen molar-refractivity contribution in [3.63, 3.8) is 0 Å². The second-order valence-corrected chi connectivity index (χ2v) is 7.16. The molecule has 2 atom stereocenters. The molecule has 0 aromatic heterocycles. The minimum absolute atomic E-state index is 0.164. The standard InChI is InChI=1S/C22H27NO3/c1-25-22-8-3-2-6-18(22)20-15-23-11-4-7-21(23)19-14-16(9-10-17(19)20)26-13-5-12-24/h2-3,6,8-10,14,20-21,24H,4-5,7,11-13,15H2,1H3. The SMILES string of the molecule is COc1ccccc1C1CN2CCCC2c2cc(OCCCO)ccc21. The molecular weight excluding hydrogens is 326 g/mol. The Bertz CT molecular complexity index is 761. The number of aliphatic hydroxyl groups excluding tert-OH is 1. The smallest absolute Gasteiger partial charge is 0.122 e. The van der Waals surface area contributed by atoms with Crippen molar-refractivity contribution in [2.24, 2.45) is 0 Å². The van der Waals surface area contributed by atoms with Crippen molar-refractivity contribution >= 4 is 0 Å². The van der Waals surface area contributed by atoms with Crippen molar-refractivity contribution in [3.05, 3.63) is 59.2 Å². The summed E-state index contributed by atoms with van der Waals surface area (Å²) >= 11 is 0. The number of aliphatic hydroxyl groups is 1. The van der Waals surface area contributed by atoms with Crippen LogP contribution in [0.3, 0.4) is 0 Å². The quantitative estimate of drug-likeness (QED) is 0.804. The van der Waals surface area contributed by atoms with E-state index < -0.39 is 0 Å². The number of methoxy groups -OCH3 is 1. The fraction of sp³-hybridized carbons (Fsp3) is 0.455. The first-order valence-corrected chi connectivity index (χ1v) is 9.56. The summed E-state index contributed by atoms with van der Waals surface area (Å²) in [5, 5.41) is 8.97. The highest BCUT2D eigenvalue weighted by Crippen LogP contribution is 2.46. The first-order chi connectivity index (χ1) is 12.8. The van der Waals surface area contributed by atoms with E-state index in [1.165, 1.54) is 29.5 Å². The molecule has 2 aromatic rings. The van der Waals surface area contributed by atoms with E-state index in [2.05, 4.69) is 41.3 Å². The lowest BCUT2D eigenvalue weighted by atomic mass is 9.81. The first kappa shape index (κ1) is 17.4. The molecule has 2 aromatic carbocycles. The van der Waals surface area contributed by atoms with Gasteiger partial charge in [-0.3, -0.25) is 4.90 Å². The number of para-hydroxylation sites is 1. The van der Waals surface area contributed by atoms with Gasteiger partial charge in [-0.05, 0) is 48.7 Å². The number of hydrogen-bond acceptors (Lipinski definition) is 4. The monoisotopic (exact) mass is 353 g/mol. The van der Waals surface area contributed by atoms with Gasteiger partial charge in [0.2, 0.25) is 0 Å². The second-order valence-electron chi connectivity index (χ2n) is 7.16. The molecule has 1 saturated heterocycles. The lowest BCUT2D eigenvalue weighted by Crippen LogP contribution is -2.34. The number of hydrogen-bond donors (Lipinski definition) is 1. The Kier molecular flexibility index (Phi) is 5.14. The van der Waals surface area contributed by atoms with E-state index in [0.717, 1.165) is 24.6 Å². The number of benzene rings is 2. The van der Waals surface area contributed by atoms with E-state index in [1.807, 2.05) is 6.07 Å². The van der Waals surface area contributed by atoms with Crippen molar-refractivity contribution < 1.29 is 14.6 Å². The van der Waals surface area contributed by atoms with Gasteiger partial charge in [0.1, 0.15) is 11.5 Å². The number of fused-ring (bicyclic) bond motifs is 3. The zero-order valence-electron chi connectivity index (χ0n) is 15.4. The molecule has 2 aliphatic heterocycles. The minimum Gasteiger partial charge on any atom is -0.496 e. The molecular formula is C22H27NO3. The molecule has 2 aliphatic rings. The molecule has 138 valence electrons. The maximum Gasteiger partial charge on any atom is 0.122 e. The molecule has 0 spiro atoms. The molecule has 0 saturated carbocycles. The van der Waals surface area contributed by atoms with Crippen LogP contribution in [-0.4, -0.2) is 43.4 Å². The first-order valence-electron chi connectivity index (χ1n) is 9.56. The van der Waals surface area contributed by atoms with Gasteiger partial charge in [0, 0.05) is 37.1 Å². The zero-order valence-corrected chi connectivity index (χ0v) is 15.4. The largest absolute Gasteiger partial charge is 0.496 e. The maximum absolute atomic E-state index is 8.97.